The zero-order valence-corrected chi connectivity index (χ0v) is 7.09. The Morgan fingerprint density at radius 3 is 2.50 bits per heavy atom. The van der Waals surface area contributed by atoms with Gasteiger partial charge in [0.2, 0.25) is 0 Å². The van der Waals surface area contributed by atoms with Gasteiger partial charge < -0.3 is 10.2 Å². The number of hydrogen-bond acceptors (Lipinski definition) is 3. The lowest BCUT2D eigenvalue weighted by molar-refractivity contribution is 0.294. The van der Waals surface area contributed by atoms with Crippen molar-refractivity contribution in [3.8, 4) is 11.8 Å². The van der Waals surface area contributed by atoms with E-state index < -0.39 is 22.9 Å². The normalized spacial score (nSPS) is 9.86. The van der Waals surface area contributed by atoms with E-state index in [9.17, 15) is 13.9 Å². The minimum absolute atomic E-state index is 0.160. The van der Waals surface area contributed by atoms with Crippen LogP contribution in [0, 0.1) is 23.0 Å². The van der Waals surface area contributed by atoms with Crippen molar-refractivity contribution in [1.82, 2.24) is 0 Å². The molecule has 0 saturated carbocycles. The van der Waals surface area contributed by atoms with Crippen molar-refractivity contribution in [3.05, 3.63) is 28.8 Å². The van der Waals surface area contributed by atoms with Crippen LogP contribution in [0.5, 0.6) is 5.75 Å². The molecule has 2 N–H and O–H groups in total. The molecule has 0 unspecified atom stereocenters. The van der Waals surface area contributed by atoms with E-state index in [4.69, 9.17) is 10.4 Å². The number of halogens is 2. The van der Waals surface area contributed by atoms with E-state index in [1.54, 1.807) is 0 Å². The summed E-state index contributed by atoms with van der Waals surface area (Å²) in [5.74, 6) is -2.81. The molecule has 14 heavy (non-hydrogen) atoms. The summed E-state index contributed by atoms with van der Waals surface area (Å²) in [6, 6.07) is 1.93. The molecular formula is C9H7F2NO2. The van der Waals surface area contributed by atoms with Crippen molar-refractivity contribution in [3.63, 3.8) is 0 Å². The van der Waals surface area contributed by atoms with E-state index in [0.29, 0.717) is 6.07 Å². The molecule has 0 aliphatic rings. The molecule has 0 aliphatic carbocycles. The van der Waals surface area contributed by atoms with Crippen LogP contribution in [-0.2, 0) is 6.42 Å². The second-order valence-corrected chi connectivity index (χ2v) is 2.63. The van der Waals surface area contributed by atoms with Gasteiger partial charge in [-0.05, 0) is 0 Å². The topological polar surface area (TPSA) is 64.2 Å². The first-order valence-electron chi connectivity index (χ1n) is 3.82. The summed E-state index contributed by atoms with van der Waals surface area (Å²) in [6.07, 6.45) is -0.160. The second-order valence-electron chi connectivity index (χ2n) is 2.63. The van der Waals surface area contributed by atoms with Gasteiger partial charge in [-0.2, -0.15) is 5.26 Å². The monoisotopic (exact) mass is 199 g/mol. The number of rotatable bonds is 2. The lowest BCUT2D eigenvalue weighted by Gasteiger charge is -2.06. The predicted octanol–water partition coefficient (Wildman–Crippen LogP) is 1.08. The summed E-state index contributed by atoms with van der Waals surface area (Å²) in [4.78, 5) is 0. The molecule has 0 atom stereocenters. The third-order valence-corrected chi connectivity index (χ3v) is 1.78. The summed E-state index contributed by atoms with van der Waals surface area (Å²) in [6.45, 7) is -0.388. The van der Waals surface area contributed by atoms with E-state index in [1.807, 2.05) is 0 Å². The molecule has 0 amide bonds. The van der Waals surface area contributed by atoms with E-state index >= 15 is 0 Å². The Labute approximate surface area is 78.8 Å². The number of benzene rings is 1. The molecule has 0 aliphatic heterocycles. The van der Waals surface area contributed by atoms with Crippen LogP contribution in [0.15, 0.2) is 6.07 Å². The zero-order valence-electron chi connectivity index (χ0n) is 7.09. The maximum Gasteiger partial charge on any atom is 0.147 e. The highest BCUT2D eigenvalue weighted by Crippen LogP contribution is 2.27. The van der Waals surface area contributed by atoms with Gasteiger partial charge in [0.25, 0.3) is 0 Å². The van der Waals surface area contributed by atoms with Crippen molar-refractivity contribution >= 4 is 0 Å². The van der Waals surface area contributed by atoms with Crippen molar-refractivity contribution in [2.24, 2.45) is 0 Å². The van der Waals surface area contributed by atoms with Crippen LogP contribution >= 0.6 is 0 Å². The molecular weight excluding hydrogens is 192 g/mol. The van der Waals surface area contributed by atoms with Gasteiger partial charge in [-0.25, -0.2) is 8.78 Å². The van der Waals surface area contributed by atoms with Gasteiger partial charge in [0, 0.05) is 24.7 Å². The lowest BCUT2D eigenvalue weighted by Crippen LogP contribution is -1.99. The fourth-order valence-corrected chi connectivity index (χ4v) is 1.10. The van der Waals surface area contributed by atoms with Gasteiger partial charge in [-0.15, -0.1) is 0 Å². The molecule has 5 heteroatoms. The van der Waals surface area contributed by atoms with E-state index in [1.165, 1.54) is 6.07 Å². The number of phenolic OH excluding ortho intramolecular Hbond substituents is 1. The third-order valence-electron chi connectivity index (χ3n) is 1.78. The maximum atomic E-state index is 13.0. The quantitative estimate of drug-likeness (QED) is 0.748. The minimum Gasteiger partial charge on any atom is -0.506 e. The fraction of sp³-hybridized carbons (Fsp3) is 0.222. The van der Waals surface area contributed by atoms with Crippen molar-refractivity contribution in [1.29, 1.82) is 5.26 Å². The molecule has 0 saturated heterocycles. The number of phenols is 1. The number of hydrogen-bond donors (Lipinski definition) is 2. The molecule has 1 aromatic rings. The highest BCUT2D eigenvalue weighted by atomic mass is 19.1. The fourth-order valence-electron chi connectivity index (χ4n) is 1.10. The standard InChI is InChI=1S/C9H7F2NO2/c10-7-3-8(11)6(4-12)9(14)5(7)1-2-13/h3,13-14H,1-2H2. The van der Waals surface area contributed by atoms with Crippen molar-refractivity contribution in [2.45, 2.75) is 6.42 Å². The largest absolute Gasteiger partial charge is 0.506 e. The van der Waals surface area contributed by atoms with Crippen LogP contribution in [0.4, 0.5) is 8.78 Å². The molecule has 74 valence electrons. The molecule has 0 aromatic heterocycles. The minimum atomic E-state index is -1.11. The Bertz CT molecular complexity index is 399. The number of nitrogens with zero attached hydrogens (tertiary/aromatic N) is 1. The maximum absolute atomic E-state index is 13.0. The Kier molecular flexibility index (Phi) is 2.99. The van der Waals surface area contributed by atoms with E-state index in [0.717, 1.165) is 0 Å². The van der Waals surface area contributed by atoms with Gasteiger partial charge in [0.05, 0.1) is 0 Å². The molecule has 0 fully saturated rings. The SMILES string of the molecule is N#Cc1c(F)cc(F)c(CCO)c1O. The van der Waals surface area contributed by atoms with Gasteiger partial charge in [0.15, 0.2) is 0 Å². The van der Waals surface area contributed by atoms with Crippen LogP contribution in [0.1, 0.15) is 11.1 Å². The molecule has 1 rings (SSSR count). The van der Waals surface area contributed by atoms with Crippen LogP contribution in [0.3, 0.4) is 0 Å². The molecule has 0 radical (unpaired) electrons. The highest BCUT2D eigenvalue weighted by molar-refractivity contribution is 5.49. The molecule has 0 bridgehead atoms. The average Bonchev–Trinajstić information content (AvgIpc) is 2.12. The molecule has 3 nitrogen and oxygen atoms in total. The summed E-state index contributed by atoms with van der Waals surface area (Å²) in [5, 5.41) is 26.3. The van der Waals surface area contributed by atoms with Crippen LogP contribution < -0.4 is 0 Å². The number of aliphatic hydroxyl groups is 1. The summed E-state index contributed by atoms with van der Waals surface area (Å²) < 4.78 is 25.8. The Hall–Kier alpha value is -1.67. The summed E-state index contributed by atoms with van der Waals surface area (Å²) in [5.41, 5.74) is -0.847. The van der Waals surface area contributed by atoms with E-state index in [-0.39, 0.29) is 18.6 Å². The molecule has 0 spiro atoms. The first-order valence-corrected chi connectivity index (χ1v) is 3.82. The Morgan fingerprint density at radius 1 is 1.36 bits per heavy atom. The number of nitriles is 1. The van der Waals surface area contributed by atoms with Crippen molar-refractivity contribution in [2.75, 3.05) is 6.61 Å². The lowest BCUT2D eigenvalue weighted by atomic mass is 10.1. The highest BCUT2D eigenvalue weighted by Gasteiger charge is 2.17. The van der Waals surface area contributed by atoms with E-state index in [2.05, 4.69) is 0 Å². The molecule has 1 aromatic carbocycles. The van der Waals surface area contributed by atoms with Gasteiger partial charge >= 0.3 is 0 Å². The number of aromatic hydroxyl groups is 1. The van der Waals surface area contributed by atoms with Crippen LogP contribution in [-0.4, -0.2) is 16.8 Å². The van der Waals surface area contributed by atoms with Gasteiger partial charge in [-0.3, -0.25) is 0 Å². The molecule has 0 heterocycles. The van der Waals surface area contributed by atoms with Crippen LogP contribution in [0.2, 0.25) is 0 Å². The van der Waals surface area contributed by atoms with Gasteiger partial charge in [0.1, 0.15) is 29.0 Å². The Balaban J connectivity index is 3.38. The Morgan fingerprint density at radius 2 is 2.00 bits per heavy atom. The first kappa shape index (κ1) is 10.4. The van der Waals surface area contributed by atoms with Crippen molar-refractivity contribution < 1.29 is 19.0 Å². The first-order chi connectivity index (χ1) is 6.61. The second kappa shape index (κ2) is 4.03. The predicted molar refractivity (Wildman–Crippen MR) is 43.5 cm³/mol. The van der Waals surface area contributed by atoms with Gasteiger partial charge in [-0.1, -0.05) is 0 Å². The smallest absolute Gasteiger partial charge is 0.147 e. The third kappa shape index (κ3) is 1.65. The summed E-state index contributed by atoms with van der Waals surface area (Å²) in [7, 11) is 0. The van der Waals surface area contributed by atoms with Crippen LogP contribution in [0.25, 0.3) is 0 Å². The summed E-state index contributed by atoms with van der Waals surface area (Å²) >= 11 is 0. The zero-order chi connectivity index (χ0) is 10.7. The number of aliphatic hydroxyl groups excluding tert-OH is 1. The average molecular weight is 199 g/mol.